The van der Waals surface area contributed by atoms with Gasteiger partial charge in [-0.15, -0.1) is 0 Å². The number of methoxy groups -OCH3 is 2. The number of carbonyl (C=O) groups is 2. The molecule has 0 amide bonds. The van der Waals surface area contributed by atoms with Gasteiger partial charge >= 0.3 is 11.9 Å². The highest BCUT2D eigenvalue weighted by Crippen LogP contribution is 2.35. The van der Waals surface area contributed by atoms with E-state index in [0.29, 0.717) is 31.9 Å². The second kappa shape index (κ2) is 10.1. The Morgan fingerprint density at radius 1 is 1.09 bits per heavy atom. The molecule has 1 aromatic heterocycles. The van der Waals surface area contributed by atoms with Gasteiger partial charge in [-0.25, -0.2) is 14.6 Å². The summed E-state index contributed by atoms with van der Waals surface area (Å²) in [5.41, 5.74) is 2.28. The smallest absolute Gasteiger partial charge is 0.338 e. The normalized spacial score (nSPS) is 15.3. The first-order valence-electron chi connectivity index (χ1n) is 10.9. The monoisotopic (exact) mass is 492 g/mol. The molecule has 35 heavy (non-hydrogen) atoms. The number of para-hydroxylation sites is 1. The van der Waals surface area contributed by atoms with E-state index in [1.807, 2.05) is 18.2 Å². The number of rotatable bonds is 6. The van der Waals surface area contributed by atoms with Crippen molar-refractivity contribution in [3.05, 3.63) is 96.2 Å². The molecule has 8 nitrogen and oxygen atoms in total. The standard InChI is InChI=1S/C26H24N2O6S/c1-5-34-25(31)21-15(2)27-26-28(22(21)18-8-6-7-9-19(18)32-3)23(29)20(35-26)14-16-10-12-17(13-11-16)24(30)33-4/h6-14,22H,5H2,1-4H3/b20-14+. The van der Waals surface area contributed by atoms with Gasteiger partial charge in [0.15, 0.2) is 4.80 Å². The van der Waals surface area contributed by atoms with Crippen LogP contribution in [-0.4, -0.2) is 37.3 Å². The van der Waals surface area contributed by atoms with E-state index >= 15 is 0 Å². The summed E-state index contributed by atoms with van der Waals surface area (Å²) in [7, 11) is 2.86. The zero-order valence-electron chi connectivity index (χ0n) is 19.7. The van der Waals surface area contributed by atoms with Crippen molar-refractivity contribution in [2.45, 2.75) is 19.9 Å². The van der Waals surface area contributed by atoms with Crippen LogP contribution >= 0.6 is 11.3 Å². The van der Waals surface area contributed by atoms with Crippen LogP contribution < -0.4 is 19.6 Å². The summed E-state index contributed by atoms with van der Waals surface area (Å²) in [4.78, 5) is 43.4. The molecule has 0 radical (unpaired) electrons. The lowest BCUT2D eigenvalue weighted by atomic mass is 9.95. The molecule has 2 heterocycles. The number of fused-ring (bicyclic) bond motifs is 1. The molecule has 0 spiro atoms. The number of esters is 2. The second-order valence-electron chi connectivity index (χ2n) is 7.66. The minimum Gasteiger partial charge on any atom is -0.496 e. The third-order valence-electron chi connectivity index (χ3n) is 5.58. The Morgan fingerprint density at radius 2 is 1.80 bits per heavy atom. The number of ether oxygens (including phenoxy) is 3. The van der Waals surface area contributed by atoms with E-state index in [1.165, 1.54) is 23.0 Å². The topological polar surface area (TPSA) is 96.2 Å². The van der Waals surface area contributed by atoms with Crippen molar-refractivity contribution < 1.29 is 23.8 Å². The Bertz CT molecular complexity index is 1500. The number of benzene rings is 2. The maximum atomic E-state index is 13.6. The van der Waals surface area contributed by atoms with Gasteiger partial charge in [0.1, 0.15) is 11.8 Å². The largest absolute Gasteiger partial charge is 0.496 e. The molecule has 1 unspecified atom stereocenters. The van der Waals surface area contributed by atoms with Gasteiger partial charge in [0.2, 0.25) is 0 Å². The quantitative estimate of drug-likeness (QED) is 0.491. The molecule has 4 rings (SSSR count). The van der Waals surface area contributed by atoms with Gasteiger partial charge in [-0.1, -0.05) is 41.7 Å². The predicted octanol–water partition coefficient (Wildman–Crippen LogP) is 2.59. The van der Waals surface area contributed by atoms with Crippen molar-refractivity contribution in [3.8, 4) is 5.75 Å². The highest BCUT2D eigenvalue weighted by molar-refractivity contribution is 7.07. The molecule has 0 bridgehead atoms. The van der Waals surface area contributed by atoms with E-state index in [0.717, 1.165) is 5.56 Å². The fourth-order valence-corrected chi connectivity index (χ4v) is 5.01. The lowest BCUT2D eigenvalue weighted by Crippen LogP contribution is -2.40. The van der Waals surface area contributed by atoms with Gasteiger partial charge in [-0.3, -0.25) is 9.36 Å². The van der Waals surface area contributed by atoms with Crippen LogP contribution in [0.3, 0.4) is 0 Å². The molecule has 180 valence electrons. The number of allylic oxidation sites excluding steroid dienone is 1. The van der Waals surface area contributed by atoms with Gasteiger partial charge in [-0.2, -0.15) is 0 Å². The summed E-state index contributed by atoms with van der Waals surface area (Å²) < 4.78 is 17.6. The van der Waals surface area contributed by atoms with Crippen LogP contribution in [0.15, 0.2) is 69.6 Å². The zero-order valence-corrected chi connectivity index (χ0v) is 20.5. The van der Waals surface area contributed by atoms with E-state index in [1.54, 1.807) is 57.4 Å². The zero-order chi connectivity index (χ0) is 25.1. The van der Waals surface area contributed by atoms with E-state index in [9.17, 15) is 14.4 Å². The number of carbonyl (C=O) groups excluding carboxylic acids is 2. The minimum atomic E-state index is -0.759. The molecule has 1 aliphatic rings. The molecular formula is C26H24N2O6S. The van der Waals surface area contributed by atoms with E-state index < -0.39 is 18.0 Å². The van der Waals surface area contributed by atoms with E-state index in [2.05, 4.69) is 4.99 Å². The maximum absolute atomic E-state index is 13.6. The maximum Gasteiger partial charge on any atom is 0.338 e. The molecule has 0 fully saturated rings. The van der Waals surface area contributed by atoms with Gasteiger partial charge in [-0.05, 0) is 43.7 Å². The third-order valence-corrected chi connectivity index (χ3v) is 6.56. The van der Waals surface area contributed by atoms with Gasteiger partial charge in [0.25, 0.3) is 5.56 Å². The number of aromatic nitrogens is 1. The van der Waals surface area contributed by atoms with Gasteiger partial charge in [0, 0.05) is 5.56 Å². The molecule has 3 aromatic rings. The van der Waals surface area contributed by atoms with E-state index in [4.69, 9.17) is 14.2 Å². The minimum absolute atomic E-state index is 0.195. The summed E-state index contributed by atoms with van der Waals surface area (Å²) in [6.07, 6.45) is 1.73. The Hall–Kier alpha value is -3.98. The first-order valence-corrected chi connectivity index (χ1v) is 11.7. The van der Waals surface area contributed by atoms with Crippen molar-refractivity contribution in [2.75, 3.05) is 20.8 Å². The lowest BCUT2D eigenvalue weighted by molar-refractivity contribution is -0.139. The predicted molar refractivity (Wildman–Crippen MR) is 131 cm³/mol. The van der Waals surface area contributed by atoms with Crippen LogP contribution in [0.4, 0.5) is 0 Å². The van der Waals surface area contributed by atoms with Crippen molar-refractivity contribution >= 4 is 29.4 Å². The van der Waals surface area contributed by atoms with Gasteiger partial charge < -0.3 is 14.2 Å². The van der Waals surface area contributed by atoms with Crippen LogP contribution in [0.1, 0.15) is 41.4 Å². The molecule has 2 aromatic carbocycles. The molecular weight excluding hydrogens is 468 g/mol. The summed E-state index contributed by atoms with van der Waals surface area (Å²) >= 11 is 1.22. The number of hydrogen-bond acceptors (Lipinski definition) is 8. The lowest BCUT2D eigenvalue weighted by Gasteiger charge is -2.25. The van der Waals surface area contributed by atoms with Gasteiger partial charge in [0.05, 0.1) is 42.2 Å². The molecule has 0 aliphatic carbocycles. The molecule has 0 saturated carbocycles. The number of nitrogens with zero attached hydrogens (tertiary/aromatic N) is 2. The Morgan fingerprint density at radius 3 is 2.46 bits per heavy atom. The summed E-state index contributed by atoms with van der Waals surface area (Å²) in [6.45, 7) is 3.66. The molecule has 9 heteroatoms. The van der Waals surface area contributed by atoms with Crippen LogP contribution in [0.5, 0.6) is 5.75 Å². The first-order chi connectivity index (χ1) is 16.9. The third kappa shape index (κ3) is 4.54. The SMILES string of the molecule is CCOC(=O)C1=C(C)N=c2s/c(=C/c3ccc(C(=O)OC)cc3)c(=O)n2C1c1ccccc1OC. The number of hydrogen-bond donors (Lipinski definition) is 0. The van der Waals surface area contributed by atoms with Crippen molar-refractivity contribution in [1.29, 1.82) is 0 Å². The number of thiazole rings is 1. The van der Waals surface area contributed by atoms with Crippen LogP contribution in [0, 0.1) is 0 Å². The Balaban J connectivity index is 1.91. The summed E-state index contributed by atoms with van der Waals surface area (Å²) in [5.74, 6) is -0.422. The molecule has 0 N–H and O–H groups in total. The Labute approximate surface area is 205 Å². The molecule has 1 atom stereocenters. The summed E-state index contributed by atoms with van der Waals surface area (Å²) in [5, 5.41) is 0. The van der Waals surface area contributed by atoms with Crippen molar-refractivity contribution in [2.24, 2.45) is 4.99 Å². The summed E-state index contributed by atoms with van der Waals surface area (Å²) in [6, 6.07) is 13.2. The van der Waals surface area contributed by atoms with Crippen LogP contribution in [0.25, 0.3) is 6.08 Å². The van der Waals surface area contributed by atoms with Crippen LogP contribution in [-0.2, 0) is 14.3 Å². The Kier molecular flexibility index (Phi) is 6.97. The fourth-order valence-electron chi connectivity index (χ4n) is 3.96. The van der Waals surface area contributed by atoms with Crippen LogP contribution in [0.2, 0.25) is 0 Å². The average Bonchev–Trinajstić information content (AvgIpc) is 3.17. The highest BCUT2D eigenvalue weighted by atomic mass is 32.1. The van der Waals surface area contributed by atoms with Crippen molar-refractivity contribution in [3.63, 3.8) is 0 Å². The molecule has 0 saturated heterocycles. The van der Waals surface area contributed by atoms with E-state index in [-0.39, 0.29) is 17.7 Å². The van der Waals surface area contributed by atoms with Crippen molar-refractivity contribution in [1.82, 2.24) is 4.57 Å². The highest BCUT2D eigenvalue weighted by Gasteiger charge is 2.34. The average molecular weight is 493 g/mol. The molecule has 1 aliphatic heterocycles. The second-order valence-corrected chi connectivity index (χ2v) is 8.67. The first kappa shape index (κ1) is 24.2. The fraction of sp³-hybridized carbons (Fsp3) is 0.231.